The van der Waals surface area contributed by atoms with E-state index < -0.39 is 48.8 Å². The van der Waals surface area contributed by atoms with Gasteiger partial charge in [-0.05, 0) is 11.1 Å². The molecule has 166 valence electrons. The van der Waals surface area contributed by atoms with Gasteiger partial charge >= 0.3 is 5.97 Å². The van der Waals surface area contributed by atoms with Gasteiger partial charge in [-0.15, -0.1) is 0 Å². The van der Waals surface area contributed by atoms with Gasteiger partial charge in [-0.1, -0.05) is 73.8 Å². The van der Waals surface area contributed by atoms with Crippen LogP contribution in [0.1, 0.15) is 17.5 Å². The van der Waals surface area contributed by atoms with E-state index in [2.05, 4.69) is 13.2 Å². The van der Waals surface area contributed by atoms with E-state index in [9.17, 15) is 26.9 Å². The molecule has 1 atom stereocenters. The van der Waals surface area contributed by atoms with Crippen LogP contribution >= 0.6 is 0 Å². The molecule has 0 N–H and O–H groups in total. The van der Waals surface area contributed by atoms with E-state index in [1.165, 1.54) is 0 Å². The van der Waals surface area contributed by atoms with Gasteiger partial charge in [0.1, 0.15) is 11.6 Å². The monoisotopic (exact) mass is 471 g/mol. The molecule has 0 aliphatic carbocycles. The summed E-state index contributed by atoms with van der Waals surface area (Å²) in [5, 5.41) is 11.0. The van der Waals surface area contributed by atoms with Gasteiger partial charge in [0.05, 0.1) is 5.75 Å². The molecule has 32 heavy (non-hydrogen) atoms. The van der Waals surface area contributed by atoms with Crippen LogP contribution in [0.25, 0.3) is 5.57 Å². The maximum absolute atomic E-state index is 13.0. The zero-order valence-corrected chi connectivity index (χ0v) is 18.7. The van der Waals surface area contributed by atoms with Crippen molar-refractivity contribution in [2.24, 2.45) is 0 Å². The van der Waals surface area contributed by atoms with Crippen molar-refractivity contribution in [2.75, 3.05) is 5.75 Å². The molecule has 2 rings (SSSR count). The number of benzene rings is 2. The third-order valence-corrected chi connectivity index (χ3v) is 7.26. The van der Waals surface area contributed by atoms with Gasteiger partial charge in [-0.3, -0.25) is 0 Å². The van der Waals surface area contributed by atoms with Crippen LogP contribution in [0.2, 0.25) is 0 Å². The van der Waals surface area contributed by atoms with E-state index in [0.717, 1.165) is 0 Å². The number of hydrogen-bond donors (Lipinski definition) is 0. The van der Waals surface area contributed by atoms with Gasteiger partial charge in [0, 0.05) is 22.8 Å². The number of sulfone groups is 2. The highest BCUT2D eigenvalue weighted by atomic mass is 32.2. The molecule has 7 nitrogen and oxygen atoms in total. The van der Waals surface area contributed by atoms with E-state index in [-0.39, 0.29) is 5.57 Å². The van der Waals surface area contributed by atoms with Gasteiger partial charge in [0.25, 0.3) is 0 Å². The molecule has 0 radical (unpaired) electrons. The summed E-state index contributed by atoms with van der Waals surface area (Å²) in [6.07, 6.45) is -0.542. The molecule has 0 aliphatic heterocycles. The molecular formula is C23H21NO6S2. The van der Waals surface area contributed by atoms with Gasteiger partial charge in [0.2, 0.25) is 15.3 Å². The summed E-state index contributed by atoms with van der Waals surface area (Å²) in [6.45, 7) is 6.36. The van der Waals surface area contributed by atoms with Crippen LogP contribution in [0.15, 0.2) is 90.2 Å². The van der Waals surface area contributed by atoms with Crippen LogP contribution in [0, 0.1) is 11.3 Å². The first-order valence-electron chi connectivity index (χ1n) is 9.33. The molecule has 0 heterocycles. The van der Waals surface area contributed by atoms with Gasteiger partial charge < -0.3 is 4.74 Å². The Morgan fingerprint density at radius 2 is 1.44 bits per heavy atom. The number of rotatable bonds is 10. The second-order valence-electron chi connectivity index (χ2n) is 6.51. The number of ether oxygens (including phenoxy) is 1. The summed E-state index contributed by atoms with van der Waals surface area (Å²) in [5.41, 5.74) is -0.905. The second kappa shape index (κ2) is 10.7. The molecule has 2 aromatic carbocycles. The minimum atomic E-state index is -4.19. The Kier molecular flexibility index (Phi) is 8.29. The van der Waals surface area contributed by atoms with Crippen LogP contribution in [0.4, 0.5) is 0 Å². The minimum absolute atomic E-state index is 0.257. The number of nitriles is 1. The molecule has 0 saturated carbocycles. The Bertz CT molecular complexity index is 1230. The molecule has 0 bridgehead atoms. The summed E-state index contributed by atoms with van der Waals surface area (Å²) in [7, 11) is -7.94. The number of esters is 1. The Hall–Kier alpha value is -3.48. The number of carbonyl (C=O) groups excluding carboxylic acids is 1. The lowest BCUT2D eigenvalue weighted by atomic mass is 9.93. The van der Waals surface area contributed by atoms with Crippen molar-refractivity contribution in [3.63, 3.8) is 0 Å². The van der Waals surface area contributed by atoms with Crippen LogP contribution < -0.4 is 0 Å². The fraction of sp³-hybridized carbons (Fsp3) is 0.130. The first kappa shape index (κ1) is 24.8. The first-order valence-corrected chi connectivity index (χ1v) is 12.7. The summed E-state index contributed by atoms with van der Waals surface area (Å²) >= 11 is 0. The predicted molar refractivity (Wildman–Crippen MR) is 122 cm³/mol. The molecule has 0 fully saturated rings. The molecule has 0 amide bonds. The fourth-order valence-corrected chi connectivity index (χ4v) is 4.53. The van der Waals surface area contributed by atoms with E-state index in [1.807, 2.05) is 6.07 Å². The zero-order chi connectivity index (χ0) is 23.8. The quantitative estimate of drug-likeness (QED) is 0.296. The van der Waals surface area contributed by atoms with E-state index in [1.54, 1.807) is 60.7 Å². The highest BCUT2D eigenvalue weighted by Crippen LogP contribution is 2.28. The third-order valence-electron chi connectivity index (χ3n) is 4.42. The Morgan fingerprint density at radius 3 is 1.84 bits per heavy atom. The second-order valence-corrected chi connectivity index (χ2v) is 10.6. The highest BCUT2D eigenvalue weighted by Gasteiger charge is 2.31. The van der Waals surface area contributed by atoms with Crippen LogP contribution in [0.3, 0.4) is 0 Å². The summed E-state index contributed by atoms with van der Waals surface area (Å²) in [4.78, 5) is 13.0. The molecule has 1 unspecified atom stereocenters. The lowest BCUT2D eigenvalue weighted by Gasteiger charge is -2.17. The minimum Gasteiger partial charge on any atom is -0.441 e. The van der Waals surface area contributed by atoms with Crippen LogP contribution in [-0.2, 0) is 29.2 Å². The number of nitrogens with zero attached hydrogens (tertiary/aromatic N) is 1. The molecule has 0 spiro atoms. The third kappa shape index (κ3) is 6.26. The van der Waals surface area contributed by atoms with Crippen molar-refractivity contribution >= 4 is 31.2 Å². The van der Waals surface area contributed by atoms with Crippen molar-refractivity contribution < 1.29 is 26.4 Å². The predicted octanol–water partition coefficient (Wildman–Crippen LogP) is 3.39. The summed E-state index contributed by atoms with van der Waals surface area (Å²) < 4.78 is 53.3. The van der Waals surface area contributed by atoms with E-state index >= 15 is 0 Å². The molecule has 0 saturated heterocycles. The maximum atomic E-state index is 13.0. The largest absolute Gasteiger partial charge is 0.441 e. The smallest absolute Gasteiger partial charge is 0.350 e. The van der Waals surface area contributed by atoms with E-state index in [4.69, 9.17) is 4.74 Å². The average Bonchev–Trinajstić information content (AvgIpc) is 2.80. The topological polar surface area (TPSA) is 118 Å². The molecule has 0 aromatic heterocycles. The summed E-state index contributed by atoms with van der Waals surface area (Å²) in [5.74, 6) is -1.81. The Morgan fingerprint density at radius 1 is 0.938 bits per heavy atom. The normalized spacial score (nSPS) is 12.1. The van der Waals surface area contributed by atoms with Gasteiger partial charge in [0.15, 0.2) is 9.84 Å². The SMILES string of the molecule is C=CS(=O)(=O)CCC(OC(=O)C(C#N)=C(c1ccccc1)c1ccccc1)S(=O)(=O)C=C. The molecule has 2 aromatic rings. The van der Waals surface area contributed by atoms with Crippen LogP contribution in [-0.4, -0.2) is 34.0 Å². The van der Waals surface area contributed by atoms with Crippen LogP contribution in [0.5, 0.6) is 0 Å². The van der Waals surface area contributed by atoms with Crippen molar-refractivity contribution in [3.8, 4) is 6.07 Å². The van der Waals surface area contributed by atoms with Crippen molar-refractivity contribution in [2.45, 2.75) is 11.9 Å². The van der Waals surface area contributed by atoms with Crippen molar-refractivity contribution in [1.29, 1.82) is 5.26 Å². The lowest BCUT2D eigenvalue weighted by Crippen LogP contribution is -2.29. The zero-order valence-electron chi connectivity index (χ0n) is 17.0. The van der Waals surface area contributed by atoms with Gasteiger partial charge in [-0.25, -0.2) is 21.6 Å². The fourth-order valence-electron chi connectivity index (χ4n) is 2.79. The Labute approximate surface area is 187 Å². The summed E-state index contributed by atoms with van der Waals surface area (Å²) in [6, 6.07) is 19.0. The molecular weight excluding hydrogens is 450 g/mol. The van der Waals surface area contributed by atoms with Crippen molar-refractivity contribution in [3.05, 3.63) is 101 Å². The molecule has 0 aliphatic rings. The standard InChI is InChI=1S/C23H21NO6S2/c1-3-31(26,27)16-15-21(32(28,29)4-2)30-23(25)20(17-24)22(18-11-7-5-8-12-18)19-13-9-6-10-14-19/h3-14,21H,1-2,15-16H2. The first-order chi connectivity index (χ1) is 15.1. The highest BCUT2D eigenvalue weighted by molar-refractivity contribution is 7.95. The Balaban J connectivity index is 2.55. The number of hydrogen-bond acceptors (Lipinski definition) is 7. The maximum Gasteiger partial charge on any atom is 0.350 e. The van der Waals surface area contributed by atoms with Crippen molar-refractivity contribution in [1.82, 2.24) is 0 Å². The van der Waals surface area contributed by atoms with E-state index in [0.29, 0.717) is 21.9 Å². The average molecular weight is 472 g/mol. The lowest BCUT2D eigenvalue weighted by molar-refractivity contribution is -0.140. The number of carbonyl (C=O) groups is 1. The van der Waals surface area contributed by atoms with Gasteiger partial charge in [-0.2, -0.15) is 5.26 Å². The molecule has 9 heteroatoms.